The molecule has 0 spiro atoms. The Balaban J connectivity index is 1.45. The van der Waals surface area contributed by atoms with Crippen molar-refractivity contribution < 1.29 is 9.32 Å². The van der Waals surface area contributed by atoms with Crippen LogP contribution < -0.4 is 0 Å². The molecule has 0 saturated heterocycles. The average Bonchev–Trinajstić information content (AvgIpc) is 3.32. The lowest BCUT2D eigenvalue weighted by atomic mass is 9.87. The second-order valence-corrected chi connectivity index (χ2v) is 8.21. The first kappa shape index (κ1) is 18.0. The molecule has 0 saturated carbocycles. The summed E-state index contributed by atoms with van der Waals surface area (Å²) in [7, 11) is 0. The molecule has 1 amide bonds. The highest BCUT2D eigenvalue weighted by Gasteiger charge is 2.31. The van der Waals surface area contributed by atoms with E-state index in [0.717, 1.165) is 59.3 Å². The number of nitrogens with one attached hydrogen (secondary N) is 1. The van der Waals surface area contributed by atoms with Crippen molar-refractivity contribution >= 4 is 5.91 Å². The number of H-pyrrole nitrogens is 1. The Morgan fingerprint density at radius 1 is 1.28 bits per heavy atom. The number of aromatic nitrogens is 5. The van der Waals surface area contributed by atoms with E-state index in [0.29, 0.717) is 36.4 Å². The van der Waals surface area contributed by atoms with Crippen LogP contribution in [-0.2, 0) is 25.8 Å². The molecule has 8 heteroatoms. The molecule has 5 rings (SSSR count). The third-order valence-corrected chi connectivity index (χ3v) is 6.09. The standard InChI is InChI=1S/C21H24N6O2/c1-11-4-5-17-16(8-11)19(25-24-17)21(28)27-7-6-15-14(10-27)9-22-12(2)18(15)20-23-13(3)29-26-20/h9,11H,4-8,10H2,1-3H3,(H,24,25)/t11-/m0/s1. The Bertz CT molecular complexity index is 1100. The number of fused-ring (bicyclic) bond motifs is 2. The van der Waals surface area contributed by atoms with Crippen LogP contribution in [0.4, 0.5) is 0 Å². The van der Waals surface area contributed by atoms with Crippen LogP contribution in [0.25, 0.3) is 11.4 Å². The first-order valence-electron chi connectivity index (χ1n) is 10.1. The van der Waals surface area contributed by atoms with Gasteiger partial charge in [-0.15, -0.1) is 0 Å². The molecule has 0 fully saturated rings. The van der Waals surface area contributed by atoms with Crippen molar-refractivity contribution in [3.63, 3.8) is 0 Å². The molecular formula is C21H24N6O2. The number of amides is 1. The van der Waals surface area contributed by atoms with E-state index in [-0.39, 0.29) is 5.91 Å². The van der Waals surface area contributed by atoms with Crippen LogP contribution in [-0.4, -0.2) is 42.7 Å². The second kappa shape index (κ2) is 6.79. The topological polar surface area (TPSA) is 101 Å². The first-order chi connectivity index (χ1) is 14.0. The fourth-order valence-electron chi connectivity index (χ4n) is 4.52. The normalized spacial score (nSPS) is 18.4. The van der Waals surface area contributed by atoms with Gasteiger partial charge in [-0.1, -0.05) is 12.1 Å². The molecule has 29 heavy (non-hydrogen) atoms. The zero-order chi connectivity index (χ0) is 20.1. The maximum atomic E-state index is 13.3. The molecule has 150 valence electrons. The number of nitrogens with zero attached hydrogens (tertiary/aromatic N) is 5. The van der Waals surface area contributed by atoms with Crippen LogP contribution in [0.15, 0.2) is 10.7 Å². The minimum Gasteiger partial charge on any atom is -0.339 e. The monoisotopic (exact) mass is 392 g/mol. The van der Waals surface area contributed by atoms with Gasteiger partial charge >= 0.3 is 0 Å². The number of rotatable bonds is 2. The van der Waals surface area contributed by atoms with Gasteiger partial charge in [0.15, 0.2) is 5.69 Å². The number of hydrogen-bond acceptors (Lipinski definition) is 6. The van der Waals surface area contributed by atoms with Crippen LogP contribution in [0.1, 0.15) is 57.8 Å². The van der Waals surface area contributed by atoms with Crippen LogP contribution in [0.2, 0.25) is 0 Å². The highest BCUT2D eigenvalue weighted by Crippen LogP contribution is 2.32. The van der Waals surface area contributed by atoms with Gasteiger partial charge < -0.3 is 9.42 Å². The van der Waals surface area contributed by atoms with Gasteiger partial charge in [-0.05, 0) is 49.7 Å². The van der Waals surface area contributed by atoms with Crippen LogP contribution in [0.5, 0.6) is 0 Å². The van der Waals surface area contributed by atoms with Crippen molar-refractivity contribution in [1.82, 2.24) is 30.2 Å². The van der Waals surface area contributed by atoms with E-state index in [2.05, 4.69) is 32.2 Å². The Hall–Kier alpha value is -3.03. The third kappa shape index (κ3) is 3.03. The summed E-state index contributed by atoms with van der Waals surface area (Å²) in [6.45, 7) is 7.12. The van der Waals surface area contributed by atoms with Crippen LogP contribution in [0.3, 0.4) is 0 Å². The molecule has 4 heterocycles. The zero-order valence-electron chi connectivity index (χ0n) is 16.9. The second-order valence-electron chi connectivity index (χ2n) is 8.21. The SMILES string of the molecule is Cc1nc(-c2c(C)ncc3c2CCN(C(=O)c2n[nH]c4c2C[C@@H](C)CC4)C3)no1. The van der Waals surface area contributed by atoms with Crippen molar-refractivity contribution in [1.29, 1.82) is 0 Å². The van der Waals surface area contributed by atoms with Gasteiger partial charge in [-0.2, -0.15) is 10.1 Å². The number of carbonyl (C=O) groups excluding carboxylic acids is 1. The Kier molecular flexibility index (Phi) is 4.22. The van der Waals surface area contributed by atoms with E-state index in [1.54, 1.807) is 6.92 Å². The maximum Gasteiger partial charge on any atom is 0.274 e. The quantitative estimate of drug-likeness (QED) is 0.720. The number of hydrogen-bond donors (Lipinski definition) is 1. The fourth-order valence-corrected chi connectivity index (χ4v) is 4.52. The van der Waals surface area contributed by atoms with Gasteiger partial charge in [-0.25, -0.2) is 0 Å². The molecule has 0 unspecified atom stereocenters. The van der Waals surface area contributed by atoms with E-state index in [1.165, 1.54) is 0 Å². The molecule has 0 radical (unpaired) electrons. The lowest BCUT2D eigenvalue weighted by Crippen LogP contribution is -2.37. The Labute approximate surface area is 168 Å². The van der Waals surface area contributed by atoms with Crippen molar-refractivity contribution in [2.24, 2.45) is 5.92 Å². The molecule has 1 N–H and O–H groups in total. The molecule has 1 atom stereocenters. The van der Waals surface area contributed by atoms with Gasteiger partial charge in [0, 0.05) is 48.7 Å². The Morgan fingerprint density at radius 2 is 2.14 bits per heavy atom. The van der Waals surface area contributed by atoms with E-state index in [4.69, 9.17) is 4.52 Å². The summed E-state index contributed by atoms with van der Waals surface area (Å²) in [5.74, 6) is 1.68. The van der Waals surface area contributed by atoms with Gasteiger partial charge in [0.05, 0.1) is 0 Å². The molecule has 8 nitrogen and oxygen atoms in total. The lowest BCUT2D eigenvalue weighted by Gasteiger charge is -2.30. The highest BCUT2D eigenvalue weighted by atomic mass is 16.5. The van der Waals surface area contributed by atoms with Crippen molar-refractivity contribution in [2.75, 3.05) is 6.54 Å². The van der Waals surface area contributed by atoms with Gasteiger partial charge in [-0.3, -0.25) is 14.9 Å². The third-order valence-electron chi connectivity index (χ3n) is 6.09. The Morgan fingerprint density at radius 3 is 2.93 bits per heavy atom. The zero-order valence-corrected chi connectivity index (χ0v) is 16.9. The minimum absolute atomic E-state index is 0.000203. The summed E-state index contributed by atoms with van der Waals surface area (Å²) >= 11 is 0. The maximum absolute atomic E-state index is 13.3. The lowest BCUT2D eigenvalue weighted by molar-refractivity contribution is 0.0727. The van der Waals surface area contributed by atoms with E-state index in [1.807, 2.05) is 18.0 Å². The van der Waals surface area contributed by atoms with E-state index < -0.39 is 0 Å². The summed E-state index contributed by atoms with van der Waals surface area (Å²) in [4.78, 5) is 24.1. The summed E-state index contributed by atoms with van der Waals surface area (Å²) in [5, 5.41) is 11.6. The van der Waals surface area contributed by atoms with Gasteiger partial charge in [0.2, 0.25) is 11.7 Å². The molecule has 0 bridgehead atoms. The average molecular weight is 392 g/mol. The van der Waals surface area contributed by atoms with Crippen molar-refractivity contribution in [3.8, 4) is 11.4 Å². The van der Waals surface area contributed by atoms with Crippen molar-refractivity contribution in [3.05, 3.63) is 45.9 Å². The molecule has 3 aromatic heterocycles. The van der Waals surface area contributed by atoms with Gasteiger partial charge in [0.1, 0.15) is 0 Å². The number of aryl methyl sites for hydroxylation is 3. The number of pyridine rings is 1. The summed E-state index contributed by atoms with van der Waals surface area (Å²) in [6, 6.07) is 0. The van der Waals surface area contributed by atoms with E-state index >= 15 is 0 Å². The molecule has 1 aliphatic heterocycles. The molecule has 3 aromatic rings. The van der Waals surface area contributed by atoms with Crippen LogP contribution >= 0.6 is 0 Å². The van der Waals surface area contributed by atoms with E-state index in [9.17, 15) is 4.79 Å². The summed E-state index contributed by atoms with van der Waals surface area (Å²) in [6.07, 6.45) is 5.62. The highest BCUT2D eigenvalue weighted by molar-refractivity contribution is 5.94. The minimum atomic E-state index is -0.000203. The van der Waals surface area contributed by atoms with Crippen LogP contribution in [0, 0.1) is 19.8 Å². The predicted molar refractivity (Wildman–Crippen MR) is 105 cm³/mol. The molecule has 2 aliphatic rings. The molecular weight excluding hydrogens is 368 g/mol. The molecule has 1 aliphatic carbocycles. The number of carbonyl (C=O) groups is 1. The first-order valence-corrected chi connectivity index (χ1v) is 10.1. The van der Waals surface area contributed by atoms with Crippen molar-refractivity contribution in [2.45, 2.75) is 53.0 Å². The fraction of sp³-hybridized carbons (Fsp3) is 0.476. The smallest absolute Gasteiger partial charge is 0.274 e. The number of aromatic amines is 1. The largest absolute Gasteiger partial charge is 0.339 e. The summed E-state index contributed by atoms with van der Waals surface area (Å²) < 4.78 is 5.17. The predicted octanol–water partition coefficient (Wildman–Crippen LogP) is 2.79. The summed E-state index contributed by atoms with van der Waals surface area (Å²) in [5.41, 5.74) is 6.80. The van der Waals surface area contributed by atoms with Gasteiger partial charge in [0.25, 0.3) is 5.91 Å². The molecule has 0 aromatic carbocycles.